The molecule has 0 saturated carbocycles. The first-order valence-corrected chi connectivity index (χ1v) is 8.86. The number of nitrogens with zero attached hydrogens (tertiary/aromatic N) is 3. The number of likely N-dealkylation sites (tertiary alicyclic amines) is 1. The number of benzene rings is 1. The molecule has 1 saturated heterocycles. The third kappa shape index (κ3) is 2.95. The van der Waals surface area contributed by atoms with Crippen molar-refractivity contribution in [2.24, 2.45) is 0 Å². The Morgan fingerprint density at radius 1 is 1.07 bits per heavy atom. The molecule has 2 aliphatic rings. The Kier molecular flexibility index (Phi) is 4.35. The third-order valence-corrected chi connectivity index (χ3v) is 5.13. The average molecular weight is 365 g/mol. The second kappa shape index (κ2) is 6.83. The van der Waals surface area contributed by atoms with Crippen LogP contribution in [0.3, 0.4) is 0 Å². The topological polar surface area (TPSA) is 79.8 Å². The Labute approximate surface area is 156 Å². The van der Waals surface area contributed by atoms with Gasteiger partial charge in [0.25, 0.3) is 17.7 Å². The van der Waals surface area contributed by atoms with E-state index in [9.17, 15) is 14.4 Å². The van der Waals surface area contributed by atoms with Gasteiger partial charge in [-0.15, -0.1) is 0 Å². The molecule has 0 radical (unpaired) electrons. The quantitative estimate of drug-likeness (QED) is 0.777. The van der Waals surface area contributed by atoms with Gasteiger partial charge in [0.15, 0.2) is 0 Å². The SMILES string of the molecule is COc1ccc(C(=O)N2CCC(N3C(=O)c4cccnc4C3=O)CC2)cc1. The molecule has 0 spiro atoms. The monoisotopic (exact) mass is 365 g/mol. The molecule has 4 rings (SSSR count). The minimum Gasteiger partial charge on any atom is -0.497 e. The fourth-order valence-electron chi connectivity index (χ4n) is 3.66. The van der Waals surface area contributed by atoms with E-state index in [1.54, 1.807) is 48.4 Å². The summed E-state index contributed by atoms with van der Waals surface area (Å²) in [6.07, 6.45) is 2.64. The minimum absolute atomic E-state index is 0.0554. The zero-order chi connectivity index (χ0) is 19.0. The largest absolute Gasteiger partial charge is 0.497 e. The summed E-state index contributed by atoms with van der Waals surface area (Å²) in [6.45, 7) is 0.993. The zero-order valence-electron chi connectivity index (χ0n) is 14.9. The van der Waals surface area contributed by atoms with Crippen molar-refractivity contribution >= 4 is 17.7 Å². The molecule has 1 aromatic heterocycles. The van der Waals surface area contributed by atoms with Crippen molar-refractivity contribution in [3.8, 4) is 5.75 Å². The molecule has 1 fully saturated rings. The van der Waals surface area contributed by atoms with Crippen molar-refractivity contribution in [2.45, 2.75) is 18.9 Å². The Balaban J connectivity index is 1.43. The van der Waals surface area contributed by atoms with Gasteiger partial charge in [-0.25, -0.2) is 0 Å². The number of piperidine rings is 1. The maximum atomic E-state index is 12.7. The van der Waals surface area contributed by atoms with Crippen LogP contribution < -0.4 is 4.74 Å². The number of hydrogen-bond acceptors (Lipinski definition) is 5. The second-order valence-corrected chi connectivity index (χ2v) is 6.63. The smallest absolute Gasteiger partial charge is 0.280 e. The summed E-state index contributed by atoms with van der Waals surface area (Å²) in [6, 6.07) is 10.1. The summed E-state index contributed by atoms with van der Waals surface area (Å²) >= 11 is 0. The molecule has 0 N–H and O–H groups in total. The lowest BCUT2D eigenvalue weighted by Crippen LogP contribution is -2.48. The van der Waals surface area contributed by atoms with Gasteiger partial charge in [-0.05, 0) is 49.2 Å². The van der Waals surface area contributed by atoms with E-state index in [-0.39, 0.29) is 29.5 Å². The van der Waals surface area contributed by atoms with E-state index in [2.05, 4.69) is 4.98 Å². The minimum atomic E-state index is -0.337. The summed E-state index contributed by atoms with van der Waals surface area (Å²) in [5, 5.41) is 0. The number of fused-ring (bicyclic) bond motifs is 1. The van der Waals surface area contributed by atoms with Gasteiger partial charge in [0.05, 0.1) is 12.7 Å². The summed E-state index contributed by atoms with van der Waals surface area (Å²) in [4.78, 5) is 44.9. The van der Waals surface area contributed by atoms with Crippen molar-refractivity contribution in [1.82, 2.24) is 14.8 Å². The van der Waals surface area contributed by atoms with Gasteiger partial charge in [-0.3, -0.25) is 24.3 Å². The number of pyridine rings is 1. The molecule has 2 aromatic rings. The highest BCUT2D eigenvalue weighted by Gasteiger charge is 2.42. The lowest BCUT2D eigenvalue weighted by atomic mass is 10.0. The number of methoxy groups -OCH3 is 1. The van der Waals surface area contributed by atoms with Gasteiger partial charge in [0, 0.05) is 30.9 Å². The van der Waals surface area contributed by atoms with E-state index >= 15 is 0 Å². The fraction of sp³-hybridized carbons (Fsp3) is 0.300. The molecular formula is C20H19N3O4. The van der Waals surface area contributed by atoms with E-state index in [0.717, 1.165) is 0 Å². The van der Waals surface area contributed by atoms with Gasteiger partial charge in [0.1, 0.15) is 11.4 Å². The molecular weight excluding hydrogens is 346 g/mol. The molecule has 3 heterocycles. The Bertz CT molecular complexity index is 867. The maximum absolute atomic E-state index is 12.7. The van der Waals surface area contributed by atoms with Crippen molar-refractivity contribution in [2.75, 3.05) is 20.2 Å². The first-order valence-electron chi connectivity index (χ1n) is 8.86. The average Bonchev–Trinajstić information content (AvgIpc) is 2.98. The molecule has 3 amide bonds. The van der Waals surface area contributed by atoms with Gasteiger partial charge in [-0.1, -0.05) is 0 Å². The standard InChI is InChI=1S/C20H19N3O4/c1-27-15-6-4-13(5-7-15)18(24)22-11-8-14(9-12-22)23-19(25)16-3-2-10-21-17(16)20(23)26/h2-7,10,14H,8-9,11-12H2,1H3. The molecule has 7 nitrogen and oxygen atoms in total. The number of ether oxygens (including phenoxy) is 1. The molecule has 2 aliphatic heterocycles. The van der Waals surface area contributed by atoms with Crippen LogP contribution in [0, 0.1) is 0 Å². The molecule has 0 bridgehead atoms. The van der Waals surface area contributed by atoms with E-state index in [4.69, 9.17) is 4.74 Å². The first-order chi connectivity index (χ1) is 13.1. The fourth-order valence-corrected chi connectivity index (χ4v) is 3.66. The van der Waals surface area contributed by atoms with E-state index in [0.29, 0.717) is 42.8 Å². The second-order valence-electron chi connectivity index (χ2n) is 6.63. The van der Waals surface area contributed by atoms with Crippen molar-refractivity contribution < 1.29 is 19.1 Å². The number of carbonyl (C=O) groups excluding carboxylic acids is 3. The van der Waals surface area contributed by atoms with Crippen LogP contribution in [-0.4, -0.2) is 58.7 Å². The Hall–Kier alpha value is -3.22. The summed E-state index contributed by atoms with van der Waals surface area (Å²) in [5.41, 5.74) is 1.18. The van der Waals surface area contributed by atoms with Crippen molar-refractivity contribution in [3.05, 3.63) is 59.4 Å². The van der Waals surface area contributed by atoms with E-state index in [1.165, 1.54) is 11.1 Å². The Morgan fingerprint density at radius 3 is 2.41 bits per heavy atom. The molecule has 1 aromatic carbocycles. The molecule has 7 heteroatoms. The van der Waals surface area contributed by atoms with Crippen LogP contribution in [-0.2, 0) is 0 Å². The van der Waals surface area contributed by atoms with Crippen LogP contribution in [0.2, 0.25) is 0 Å². The number of rotatable bonds is 3. The molecule has 0 aliphatic carbocycles. The van der Waals surface area contributed by atoms with Crippen LogP contribution in [0.1, 0.15) is 44.0 Å². The summed E-state index contributed by atoms with van der Waals surface area (Å²) in [5.74, 6) is 0.0168. The third-order valence-electron chi connectivity index (χ3n) is 5.13. The number of amides is 3. The van der Waals surface area contributed by atoms with Crippen LogP contribution in [0.25, 0.3) is 0 Å². The maximum Gasteiger partial charge on any atom is 0.280 e. The summed E-state index contributed by atoms with van der Waals surface area (Å²) in [7, 11) is 1.58. The lowest BCUT2D eigenvalue weighted by molar-refractivity contribution is 0.0477. The number of hydrogen-bond donors (Lipinski definition) is 0. The predicted octanol–water partition coefficient (Wildman–Crippen LogP) is 1.99. The van der Waals surface area contributed by atoms with Crippen molar-refractivity contribution in [3.63, 3.8) is 0 Å². The van der Waals surface area contributed by atoms with Gasteiger partial charge in [-0.2, -0.15) is 0 Å². The van der Waals surface area contributed by atoms with Crippen LogP contribution in [0.5, 0.6) is 5.75 Å². The first kappa shape index (κ1) is 17.2. The van der Waals surface area contributed by atoms with Crippen LogP contribution in [0.15, 0.2) is 42.6 Å². The number of aromatic nitrogens is 1. The van der Waals surface area contributed by atoms with Crippen molar-refractivity contribution in [1.29, 1.82) is 0 Å². The van der Waals surface area contributed by atoms with Crippen LogP contribution >= 0.6 is 0 Å². The molecule has 0 atom stereocenters. The summed E-state index contributed by atoms with van der Waals surface area (Å²) < 4.78 is 5.11. The normalized spacial score (nSPS) is 17.2. The molecule has 0 unspecified atom stereocenters. The van der Waals surface area contributed by atoms with Gasteiger partial charge in [0.2, 0.25) is 0 Å². The number of imide groups is 1. The molecule has 27 heavy (non-hydrogen) atoms. The molecule has 138 valence electrons. The van der Waals surface area contributed by atoms with E-state index in [1.807, 2.05) is 0 Å². The van der Waals surface area contributed by atoms with Gasteiger partial charge >= 0.3 is 0 Å². The van der Waals surface area contributed by atoms with Gasteiger partial charge < -0.3 is 9.64 Å². The zero-order valence-corrected chi connectivity index (χ0v) is 14.9. The van der Waals surface area contributed by atoms with Crippen LogP contribution in [0.4, 0.5) is 0 Å². The van der Waals surface area contributed by atoms with E-state index < -0.39 is 0 Å². The number of carbonyl (C=O) groups is 3. The Morgan fingerprint density at radius 2 is 1.78 bits per heavy atom. The highest BCUT2D eigenvalue weighted by molar-refractivity contribution is 6.20. The predicted molar refractivity (Wildman–Crippen MR) is 96.7 cm³/mol. The highest BCUT2D eigenvalue weighted by Crippen LogP contribution is 2.27. The highest BCUT2D eigenvalue weighted by atomic mass is 16.5. The lowest BCUT2D eigenvalue weighted by Gasteiger charge is -2.35.